The van der Waals surface area contributed by atoms with Gasteiger partial charge in [0, 0.05) is 5.92 Å². The van der Waals surface area contributed by atoms with Crippen LogP contribution in [0.3, 0.4) is 0 Å². The molecule has 0 aromatic rings. The van der Waals surface area contributed by atoms with Crippen molar-refractivity contribution in [3.63, 3.8) is 0 Å². The van der Waals surface area contributed by atoms with Crippen molar-refractivity contribution in [3.05, 3.63) is 12.2 Å². The molecule has 1 aliphatic carbocycles. The number of amides is 2. The molecule has 2 amide bonds. The van der Waals surface area contributed by atoms with Crippen molar-refractivity contribution in [2.24, 2.45) is 11.8 Å². The van der Waals surface area contributed by atoms with E-state index in [2.05, 4.69) is 17.5 Å². The summed E-state index contributed by atoms with van der Waals surface area (Å²) in [6, 6.07) is 0. The van der Waals surface area contributed by atoms with E-state index in [4.69, 9.17) is 4.74 Å². The fourth-order valence-corrected chi connectivity index (χ4v) is 2.08. The van der Waals surface area contributed by atoms with E-state index in [1.165, 1.54) is 0 Å². The second-order valence-electron chi connectivity index (χ2n) is 3.84. The van der Waals surface area contributed by atoms with Crippen molar-refractivity contribution < 1.29 is 14.3 Å². The minimum Gasteiger partial charge on any atom is -0.435 e. The van der Waals surface area contributed by atoms with Gasteiger partial charge in [-0.1, -0.05) is 19.1 Å². The lowest BCUT2D eigenvalue weighted by atomic mass is 9.81. The molecule has 3 atom stereocenters. The van der Waals surface area contributed by atoms with Crippen LogP contribution < -0.4 is 5.32 Å². The number of cyclic esters (lactones) is 1. The van der Waals surface area contributed by atoms with Gasteiger partial charge >= 0.3 is 6.09 Å². The number of nitrogens with one attached hydrogen (secondary N) is 1. The summed E-state index contributed by atoms with van der Waals surface area (Å²) in [7, 11) is 0. The van der Waals surface area contributed by atoms with Crippen LogP contribution in [0.2, 0.25) is 0 Å². The van der Waals surface area contributed by atoms with Gasteiger partial charge in [-0.2, -0.15) is 0 Å². The average Bonchev–Trinajstić information content (AvgIpc) is 2.46. The van der Waals surface area contributed by atoms with E-state index < -0.39 is 12.2 Å². The van der Waals surface area contributed by atoms with E-state index in [1.807, 2.05) is 6.92 Å². The summed E-state index contributed by atoms with van der Waals surface area (Å²) in [5.74, 6) is 0.138. The second kappa shape index (κ2) is 3.44. The van der Waals surface area contributed by atoms with Crippen molar-refractivity contribution >= 4 is 12.0 Å². The minimum absolute atomic E-state index is 0.131. The summed E-state index contributed by atoms with van der Waals surface area (Å²) in [6.45, 7) is 2.04. The van der Waals surface area contributed by atoms with E-state index in [1.54, 1.807) is 0 Å². The van der Waals surface area contributed by atoms with Gasteiger partial charge in [0.1, 0.15) is 0 Å². The second-order valence-corrected chi connectivity index (χ2v) is 3.84. The number of carbonyl (C=O) groups excluding carboxylic acids is 2. The minimum atomic E-state index is -0.609. The highest BCUT2D eigenvalue weighted by molar-refractivity contribution is 6.00. The molecule has 76 valence electrons. The molecule has 1 fully saturated rings. The van der Waals surface area contributed by atoms with Crippen molar-refractivity contribution in [1.82, 2.24) is 5.32 Å². The molecule has 0 saturated carbocycles. The molecule has 0 spiro atoms. The third-order valence-electron chi connectivity index (χ3n) is 2.89. The molecule has 0 aromatic heterocycles. The molecule has 1 N–H and O–H groups in total. The Kier molecular flexibility index (Phi) is 2.27. The number of carbonyl (C=O) groups is 2. The highest BCUT2D eigenvalue weighted by atomic mass is 16.6. The van der Waals surface area contributed by atoms with Crippen LogP contribution in [0.4, 0.5) is 4.79 Å². The number of allylic oxidation sites excluding steroid dienone is 2. The Balaban J connectivity index is 2.11. The van der Waals surface area contributed by atoms with Crippen molar-refractivity contribution in [1.29, 1.82) is 0 Å². The normalized spacial score (nSPS) is 36.8. The highest BCUT2D eigenvalue weighted by Gasteiger charge is 2.40. The Hall–Kier alpha value is -1.32. The van der Waals surface area contributed by atoms with Gasteiger partial charge in [-0.25, -0.2) is 4.79 Å². The average molecular weight is 195 g/mol. The predicted octanol–water partition coefficient (Wildman–Crippen LogP) is 1.22. The van der Waals surface area contributed by atoms with Crippen LogP contribution in [0.25, 0.3) is 0 Å². The van der Waals surface area contributed by atoms with Crippen LogP contribution in [0.1, 0.15) is 19.8 Å². The maximum Gasteiger partial charge on any atom is 0.414 e. The molecular weight excluding hydrogens is 182 g/mol. The first-order valence-corrected chi connectivity index (χ1v) is 4.86. The Bertz CT molecular complexity index is 298. The van der Waals surface area contributed by atoms with Crippen LogP contribution in [-0.2, 0) is 9.53 Å². The standard InChI is InChI=1S/C10H13NO3/c1-6-4-2-3-5-7(6)8-9(12)11-10(13)14-8/h2,4,6-8H,3,5H2,1H3,(H,11,12,13)/t6-,7-,8?/m1/s1. The van der Waals surface area contributed by atoms with Crippen molar-refractivity contribution in [3.8, 4) is 0 Å². The first-order valence-electron chi connectivity index (χ1n) is 4.86. The van der Waals surface area contributed by atoms with Gasteiger partial charge in [-0.3, -0.25) is 10.1 Å². The van der Waals surface area contributed by atoms with E-state index in [9.17, 15) is 9.59 Å². The summed E-state index contributed by atoms with van der Waals surface area (Å²) >= 11 is 0. The molecule has 4 nitrogen and oxygen atoms in total. The van der Waals surface area contributed by atoms with Crippen LogP contribution in [0, 0.1) is 11.8 Å². The Morgan fingerprint density at radius 1 is 1.50 bits per heavy atom. The molecule has 1 heterocycles. The molecule has 4 heteroatoms. The molecule has 0 bridgehead atoms. The van der Waals surface area contributed by atoms with Crippen LogP contribution >= 0.6 is 0 Å². The lowest BCUT2D eigenvalue weighted by molar-refractivity contribution is -0.126. The van der Waals surface area contributed by atoms with Crippen LogP contribution in [-0.4, -0.2) is 18.1 Å². The zero-order valence-electron chi connectivity index (χ0n) is 8.03. The SMILES string of the molecule is C[C@@H]1C=CCC[C@H]1C1OC(=O)NC1=O. The smallest absolute Gasteiger partial charge is 0.414 e. The molecule has 0 radical (unpaired) electrons. The summed E-state index contributed by atoms with van der Waals surface area (Å²) in [5, 5.41) is 2.16. The lowest BCUT2D eigenvalue weighted by Gasteiger charge is -2.26. The molecule has 14 heavy (non-hydrogen) atoms. The molecule has 2 aliphatic rings. The highest BCUT2D eigenvalue weighted by Crippen LogP contribution is 2.30. The maximum absolute atomic E-state index is 11.3. The quantitative estimate of drug-likeness (QED) is 0.640. The van der Waals surface area contributed by atoms with Crippen LogP contribution in [0.5, 0.6) is 0 Å². The third-order valence-corrected chi connectivity index (χ3v) is 2.89. The molecule has 0 aromatic carbocycles. The van der Waals surface area contributed by atoms with Gasteiger partial charge in [0.05, 0.1) is 0 Å². The van der Waals surface area contributed by atoms with Gasteiger partial charge in [-0.15, -0.1) is 0 Å². The zero-order valence-corrected chi connectivity index (χ0v) is 8.03. The van der Waals surface area contributed by atoms with E-state index in [-0.39, 0.29) is 11.8 Å². The topological polar surface area (TPSA) is 55.4 Å². The predicted molar refractivity (Wildman–Crippen MR) is 49.4 cm³/mol. The monoisotopic (exact) mass is 195 g/mol. The number of ether oxygens (including phenoxy) is 1. The van der Waals surface area contributed by atoms with E-state index in [0.29, 0.717) is 5.92 Å². The van der Waals surface area contributed by atoms with Gasteiger partial charge in [0.15, 0.2) is 6.10 Å². The number of hydrogen-bond acceptors (Lipinski definition) is 3. The Morgan fingerprint density at radius 2 is 2.29 bits per heavy atom. The number of hydrogen-bond donors (Lipinski definition) is 1. The number of imide groups is 1. The van der Waals surface area contributed by atoms with Gasteiger partial charge in [-0.05, 0) is 18.8 Å². The first-order chi connectivity index (χ1) is 6.68. The van der Waals surface area contributed by atoms with Crippen molar-refractivity contribution in [2.75, 3.05) is 0 Å². The molecule has 2 rings (SSSR count). The van der Waals surface area contributed by atoms with Gasteiger partial charge < -0.3 is 4.74 Å². The largest absolute Gasteiger partial charge is 0.435 e. The molecule has 1 aliphatic heterocycles. The zero-order chi connectivity index (χ0) is 10.1. The third kappa shape index (κ3) is 1.52. The summed E-state index contributed by atoms with van der Waals surface area (Å²) in [5.41, 5.74) is 0. The Morgan fingerprint density at radius 3 is 2.86 bits per heavy atom. The van der Waals surface area contributed by atoms with Crippen LogP contribution in [0.15, 0.2) is 12.2 Å². The number of rotatable bonds is 1. The fraction of sp³-hybridized carbons (Fsp3) is 0.600. The number of alkyl carbamates (subject to hydrolysis) is 1. The maximum atomic E-state index is 11.3. The van der Waals surface area contributed by atoms with E-state index in [0.717, 1.165) is 12.8 Å². The molecular formula is C10H13NO3. The van der Waals surface area contributed by atoms with Crippen molar-refractivity contribution in [2.45, 2.75) is 25.9 Å². The van der Waals surface area contributed by atoms with Gasteiger partial charge in [0.25, 0.3) is 5.91 Å². The van der Waals surface area contributed by atoms with Gasteiger partial charge in [0.2, 0.25) is 0 Å². The lowest BCUT2D eigenvalue weighted by Crippen LogP contribution is -2.34. The summed E-state index contributed by atoms with van der Waals surface area (Å²) in [6.07, 6.45) is 4.85. The summed E-state index contributed by atoms with van der Waals surface area (Å²) < 4.78 is 4.95. The summed E-state index contributed by atoms with van der Waals surface area (Å²) in [4.78, 5) is 22.2. The van der Waals surface area contributed by atoms with E-state index >= 15 is 0 Å². The first kappa shape index (κ1) is 9.24. The molecule has 1 saturated heterocycles. The Labute approximate surface area is 82.3 Å². The fourth-order valence-electron chi connectivity index (χ4n) is 2.08. The molecule has 1 unspecified atom stereocenters.